The van der Waals surface area contributed by atoms with Gasteiger partial charge in [0, 0.05) is 27.4 Å². The summed E-state index contributed by atoms with van der Waals surface area (Å²) in [5.41, 5.74) is -0.875. The molecule has 1 atom stereocenters. The Hall–Kier alpha value is -3.04. The second kappa shape index (κ2) is 7.33. The van der Waals surface area contributed by atoms with Crippen LogP contribution in [0, 0.1) is 0 Å². The zero-order chi connectivity index (χ0) is 21.6. The molecule has 2 N–H and O–H groups in total. The number of alkyl halides is 3. The maximum absolute atomic E-state index is 12.7. The molecule has 0 fully saturated rings. The lowest BCUT2D eigenvalue weighted by molar-refractivity contribution is -0.145. The number of nitrogens with one attached hydrogen (secondary N) is 2. The van der Waals surface area contributed by atoms with Gasteiger partial charge in [0.05, 0.1) is 6.04 Å². The zero-order valence-electron chi connectivity index (χ0n) is 14.7. The molecule has 154 valence electrons. The van der Waals surface area contributed by atoms with Gasteiger partial charge in [0.2, 0.25) is 5.82 Å². The minimum Gasteiger partial charge on any atom is -0.456 e. The van der Waals surface area contributed by atoms with Crippen LogP contribution in [0.2, 0.25) is 10.0 Å². The summed E-state index contributed by atoms with van der Waals surface area (Å²) in [6.45, 7) is 0. The molecule has 0 saturated heterocycles. The van der Waals surface area contributed by atoms with Gasteiger partial charge in [-0.15, -0.1) is 0 Å². The summed E-state index contributed by atoms with van der Waals surface area (Å²) >= 11 is 12.3. The average molecular weight is 456 g/mol. The van der Waals surface area contributed by atoms with E-state index in [1.54, 1.807) is 41.4 Å². The van der Waals surface area contributed by atoms with Crippen molar-refractivity contribution in [3.63, 3.8) is 0 Å². The molecule has 1 aliphatic heterocycles. The Morgan fingerprint density at radius 2 is 1.93 bits per heavy atom. The van der Waals surface area contributed by atoms with E-state index >= 15 is 0 Å². The number of fused-ring (bicyclic) bond motifs is 2. The van der Waals surface area contributed by atoms with Crippen molar-refractivity contribution in [2.24, 2.45) is 0 Å². The molecule has 11 heteroatoms. The van der Waals surface area contributed by atoms with Gasteiger partial charge in [-0.2, -0.15) is 13.2 Å². The summed E-state index contributed by atoms with van der Waals surface area (Å²) in [6.07, 6.45) is -4.27. The number of carbonyl (C=O) groups excluding carboxylic acids is 1. The largest absolute Gasteiger partial charge is 0.456 e. The van der Waals surface area contributed by atoms with E-state index in [0.717, 1.165) is 0 Å². The van der Waals surface area contributed by atoms with Gasteiger partial charge >= 0.3 is 6.18 Å². The Morgan fingerprint density at radius 3 is 2.63 bits per heavy atom. The van der Waals surface area contributed by atoms with Crippen LogP contribution in [0.25, 0.3) is 0 Å². The molecule has 3 aromatic rings. The number of hydrogen-bond donors (Lipinski definition) is 2. The lowest BCUT2D eigenvalue weighted by Gasteiger charge is -2.29. The average Bonchev–Trinajstić information content (AvgIpc) is 2.66. The molecule has 30 heavy (non-hydrogen) atoms. The number of H-pyrrole nitrogens is 1. The number of ether oxygens (including phenoxy) is 1. The second-order valence-corrected chi connectivity index (χ2v) is 7.16. The Kier molecular flexibility index (Phi) is 4.95. The molecule has 6 nitrogen and oxygen atoms in total. The van der Waals surface area contributed by atoms with E-state index < -0.39 is 35.1 Å². The lowest BCUT2D eigenvalue weighted by atomic mass is 9.94. The number of halogens is 5. The predicted octanol–water partition coefficient (Wildman–Crippen LogP) is 4.72. The van der Waals surface area contributed by atoms with Gasteiger partial charge in [0.1, 0.15) is 17.1 Å². The fraction of sp³-hybridized carbons (Fsp3) is 0.105. The van der Waals surface area contributed by atoms with Crippen LogP contribution in [-0.4, -0.2) is 15.9 Å². The minimum atomic E-state index is -4.85. The third-order valence-electron chi connectivity index (χ3n) is 4.40. The van der Waals surface area contributed by atoms with Crippen LogP contribution >= 0.6 is 23.2 Å². The van der Waals surface area contributed by atoms with Gasteiger partial charge in [0.25, 0.3) is 11.5 Å². The van der Waals surface area contributed by atoms with Crippen molar-refractivity contribution in [3.05, 3.63) is 85.5 Å². The van der Waals surface area contributed by atoms with Crippen LogP contribution < -0.4 is 15.6 Å². The number of benzene rings is 2. The standard InChI is InChI=1S/C19H10Cl2F3N3O3/c20-8-4-5-9-13(6-8)30-12-3-1-2-11(21)14(12)15(9)26-16(28)10-7-25-18(19(22,23)24)27-17(10)29/h1-7,15H,(H,26,28)(H,25,27,29). The molecular formula is C19H10Cl2F3N3O3. The third kappa shape index (κ3) is 3.61. The first-order valence-corrected chi connectivity index (χ1v) is 9.14. The van der Waals surface area contributed by atoms with Crippen molar-refractivity contribution in [2.75, 3.05) is 0 Å². The van der Waals surface area contributed by atoms with E-state index in [0.29, 0.717) is 33.8 Å². The maximum Gasteiger partial charge on any atom is 0.449 e. The van der Waals surface area contributed by atoms with Crippen molar-refractivity contribution in [1.82, 2.24) is 15.3 Å². The summed E-state index contributed by atoms with van der Waals surface area (Å²) < 4.78 is 43.9. The van der Waals surface area contributed by atoms with Gasteiger partial charge in [-0.05, 0) is 24.3 Å². The normalized spacial score (nSPS) is 15.0. The van der Waals surface area contributed by atoms with Crippen LogP contribution in [-0.2, 0) is 6.18 Å². The Morgan fingerprint density at radius 1 is 1.17 bits per heavy atom. The van der Waals surface area contributed by atoms with E-state index in [1.807, 2.05) is 0 Å². The topological polar surface area (TPSA) is 84.1 Å². The van der Waals surface area contributed by atoms with E-state index in [9.17, 15) is 22.8 Å². The molecule has 0 bridgehead atoms. The summed E-state index contributed by atoms with van der Waals surface area (Å²) in [6, 6.07) is 8.78. The highest BCUT2D eigenvalue weighted by Gasteiger charge is 2.35. The molecule has 2 heterocycles. The van der Waals surface area contributed by atoms with Crippen LogP contribution in [0.15, 0.2) is 47.4 Å². The van der Waals surface area contributed by atoms with Gasteiger partial charge in [-0.1, -0.05) is 35.3 Å². The van der Waals surface area contributed by atoms with Crippen LogP contribution in [0.1, 0.15) is 33.4 Å². The van der Waals surface area contributed by atoms with E-state index in [4.69, 9.17) is 27.9 Å². The van der Waals surface area contributed by atoms with Gasteiger partial charge in [0.15, 0.2) is 0 Å². The first-order valence-electron chi connectivity index (χ1n) is 8.38. The Labute approximate surface area is 176 Å². The summed E-state index contributed by atoms with van der Waals surface area (Å²) in [7, 11) is 0. The van der Waals surface area contributed by atoms with E-state index in [-0.39, 0.29) is 5.02 Å². The number of amides is 1. The fourth-order valence-corrected chi connectivity index (χ4v) is 3.49. The molecular weight excluding hydrogens is 446 g/mol. The number of carbonyl (C=O) groups is 1. The molecule has 0 aliphatic carbocycles. The van der Waals surface area contributed by atoms with Crippen LogP contribution in [0.5, 0.6) is 11.5 Å². The monoisotopic (exact) mass is 455 g/mol. The highest BCUT2D eigenvalue weighted by atomic mass is 35.5. The summed E-state index contributed by atoms with van der Waals surface area (Å²) in [4.78, 5) is 29.5. The second-order valence-electron chi connectivity index (χ2n) is 6.31. The number of aromatic nitrogens is 2. The van der Waals surface area contributed by atoms with Crippen LogP contribution in [0.4, 0.5) is 13.2 Å². The molecule has 1 amide bonds. The summed E-state index contributed by atoms with van der Waals surface area (Å²) in [5, 5.41) is 3.30. The van der Waals surface area contributed by atoms with E-state index in [1.165, 1.54) is 0 Å². The third-order valence-corrected chi connectivity index (χ3v) is 4.96. The van der Waals surface area contributed by atoms with Crippen molar-refractivity contribution >= 4 is 29.1 Å². The molecule has 1 aromatic heterocycles. The molecule has 0 radical (unpaired) electrons. The van der Waals surface area contributed by atoms with Gasteiger partial charge in [-0.3, -0.25) is 9.59 Å². The lowest BCUT2D eigenvalue weighted by Crippen LogP contribution is -2.35. The van der Waals surface area contributed by atoms with Crippen molar-refractivity contribution in [3.8, 4) is 11.5 Å². The first-order chi connectivity index (χ1) is 14.1. The fourth-order valence-electron chi connectivity index (χ4n) is 3.05. The predicted molar refractivity (Wildman–Crippen MR) is 102 cm³/mol. The Balaban J connectivity index is 1.75. The quantitative estimate of drug-likeness (QED) is 0.585. The zero-order valence-corrected chi connectivity index (χ0v) is 16.2. The van der Waals surface area contributed by atoms with E-state index in [2.05, 4.69) is 10.3 Å². The van der Waals surface area contributed by atoms with Gasteiger partial charge in [-0.25, -0.2) is 4.98 Å². The maximum atomic E-state index is 12.7. The number of rotatable bonds is 2. The minimum absolute atomic E-state index is 0.290. The molecule has 0 spiro atoms. The molecule has 4 rings (SSSR count). The van der Waals surface area contributed by atoms with Crippen molar-refractivity contribution in [2.45, 2.75) is 12.2 Å². The SMILES string of the molecule is O=C(NC1c2ccc(Cl)cc2Oc2cccc(Cl)c21)c1cnc(C(F)(F)F)[nH]c1=O. The number of nitrogens with zero attached hydrogens (tertiary/aromatic N) is 1. The highest BCUT2D eigenvalue weighted by Crippen LogP contribution is 2.46. The summed E-state index contributed by atoms with van der Waals surface area (Å²) in [5.74, 6) is -1.70. The molecule has 1 aliphatic rings. The number of hydrogen-bond acceptors (Lipinski definition) is 4. The first kappa shape index (κ1) is 20.2. The molecule has 2 aromatic carbocycles. The smallest absolute Gasteiger partial charge is 0.449 e. The highest BCUT2D eigenvalue weighted by molar-refractivity contribution is 6.32. The van der Waals surface area contributed by atoms with Gasteiger partial charge < -0.3 is 15.0 Å². The van der Waals surface area contributed by atoms with Crippen LogP contribution in [0.3, 0.4) is 0 Å². The van der Waals surface area contributed by atoms with Crippen molar-refractivity contribution < 1.29 is 22.7 Å². The van der Waals surface area contributed by atoms with Crippen molar-refractivity contribution in [1.29, 1.82) is 0 Å². The molecule has 0 saturated carbocycles. The Bertz CT molecular complexity index is 1230. The molecule has 1 unspecified atom stereocenters. The number of aromatic amines is 1.